The lowest BCUT2D eigenvalue weighted by Crippen LogP contribution is -1.96. The van der Waals surface area contributed by atoms with Gasteiger partial charge in [-0.1, -0.05) is 30.3 Å². The summed E-state index contributed by atoms with van der Waals surface area (Å²) >= 11 is 0. The molecule has 140 valence electrons. The van der Waals surface area contributed by atoms with Crippen molar-refractivity contribution in [2.45, 2.75) is 4.90 Å². The normalized spacial score (nSPS) is 11.6. The SMILES string of the molecule is CS(=O)(=O)c1ccc(-c2c(-c3ccc([N+](=O)[O-])cc3)[nH]c3ccccc23)cc1. The van der Waals surface area contributed by atoms with Gasteiger partial charge in [0.1, 0.15) is 0 Å². The molecule has 0 spiro atoms. The predicted octanol–water partition coefficient (Wildman–Crippen LogP) is 4.81. The molecule has 4 aromatic rings. The molecule has 1 heterocycles. The summed E-state index contributed by atoms with van der Waals surface area (Å²) in [6.45, 7) is 0. The van der Waals surface area contributed by atoms with Gasteiger partial charge in [-0.3, -0.25) is 10.1 Å². The fourth-order valence-corrected chi connectivity index (χ4v) is 3.91. The van der Waals surface area contributed by atoms with E-state index in [0.29, 0.717) is 0 Å². The van der Waals surface area contributed by atoms with Crippen molar-refractivity contribution in [1.29, 1.82) is 0 Å². The summed E-state index contributed by atoms with van der Waals surface area (Å²) in [5.41, 5.74) is 4.37. The molecule has 0 saturated heterocycles. The van der Waals surface area contributed by atoms with E-state index >= 15 is 0 Å². The summed E-state index contributed by atoms with van der Waals surface area (Å²) in [6.07, 6.45) is 1.18. The molecule has 0 fully saturated rings. The van der Waals surface area contributed by atoms with E-state index in [0.717, 1.165) is 33.3 Å². The molecule has 0 aliphatic carbocycles. The molecule has 0 amide bonds. The van der Waals surface area contributed by atoms with Crippen LogP contribution in [0.1, 0.15) is 0 Å². The molecule has 0 aliphatic heterocycles. The van der Waals surface area contributed by atoms with Crippen LogP contribution in [0, 0.1) is 10.1 Å². The molecule has 4 rings (SSSR count). The molecule has 0 atom stereocenters. The summed E-state index contributed by atoms with van der Waals surface area (Å²) in [5, 5.41) is 11.9. The summed E-state index contributed by atoms with van der Waals surface area (Å²) in [5.74, 6) is 0. The minimum Gasteiger partial charge on any atom is -0.354 e. The number of nitrogens with zero attached hydrogens (tertiary/aromatic N) is 1. The average molecular weight is 392 g/mol. The third-order valence-electron chi connectivity index (χ3n) is 4.64. The number of para-hydroxylation sites is 1. The van der Waals surface area contributed by atoms with Crippen molar-refractivity contribution < 1.29 is 13.3 Å². The van der Waals surface area contributed by atoms with Gasteiger partial charge in [-0.2, -0.15) is 0 Å². The van der Waals surface area contributed by atoms with E-state index < -0.39 is 14.8 Å². The molecule has 3 aromatic carbocycles. The molecule has 1 aromatic heterocycles. The first-order valence-electron chi connectivity index (χ1n) is 8.50. The maximum Gasteiger partial charge on any atom is 0.269 e. The van der Waals surface area contributed by atoms with Gasteiger partial charge in [0.2, 0.25) is 0 Å². The van der Waals surface area contributed by atoms with Crippen LogP contribution in [0.4, 0.5) is 5.69 Å². The Morgan fingerprint density at radius 1 is 0.857 bits per heavy atom. The zero-order valence-electron chi connectivity index (χ0n) is 14.9. The second-order valence-electron chi connectivity index (χ2n) is 6.52. The quantitative estimate of drug-likeness (QED) is 0.398. The molecular formula is C21H16N2O4S. The fraction of sp³-hybridized carbons (Fsp3) is 0.0476. The van der Waals surface area contributed by atoms with Crippen LogP contribution < -0.4 is 0 Å². The highest BCUT2D eigenvalue weighted by Gasteiger charge is 2.17. The summed E-state index contributed by atoms with van der Waals surface area (Å²) in [7, 11) is -3.28. The minimum atomic E-state index is -3.28. The Balaban J connectivity index is 1.92. The van der Waals surface area contributed by atoms with Crippen molar-refractivity contribution in [3.05, 3.63) is 82.9 Å². The third-order valence-corrected chi connectivity index (χ3v) is 5.77. The number of nitro groups is 1. The molecule has 0 unspecified atom stereocenters. The van der Waals surface area contributed by atoms with E-state index in [1.165, 1.54) is 18.4 Å². The summed E-state index contributed by atoms with van der Waals surface area (Å²) in [4.78, 5) is 14.2. The van der Waals surface area contributed by atoms with E-state index in [2.05, 4.69) is 4.98 Å². The topological polar surface area (TPSA) is 93.1 Å². The van der Waals surface area contributed by atoms with Crippen molar-refractivity contribution in [3.8, 4) is 22.4 Å². The number of sulfone groups is 1. The second kappa shape index (κ2) is 6.61. The third kappa shape index (κ3) is 3.16. The molecule has 0 aliphatic rings. The number of benzene rings is 3. The molecule has 1 N–H and O–H groups in total. The summed E-state index contributed by atoms with van der Waals surface area (Å²) < 4.78 is 23.5. The highest BCUT2D eigenvalue weighted by Crippen LogP contribution is 2.38. The molecule has 0 radical (unpaired) electrons. The zero-order valence-corrected chi connectivity index (χ0v) is 15.7. The molecule has 6 nitrogen and oxygen atoms in total. The number of hydrogen-bond donors (Lipinski definition) is 1. The van der Waals surface area contributed by atoms with Crippen molar-refractivity contribution >= 4 is 26.4 Å². The van der Waals surface area contributed by atoms with Gasteiger partial charge in [0, 0.05) is 34.9 Å². The van der Waals surface area contributed by atoms with Crippen LogP contribution in [0.5, 0.6) is 0 Å². The van der Waals surface area contributed by atoms with E-state index in [9.17, 15) is 18.5 Å². The van der Waals surface area contributed by atoms with Gasteiger partial charge in [0.25, 0.3) is 5.69 Å². The molecule has 0 bridgehead atoms. The largest absolute Gasteiger partial charge is 0.354 e. The first kappa shape index (κ1) is 17.9. The highest BCUT2D eigenvalue weighted by atomic mass is 32.2. The fourth-order valence-electron chi connectivity index (χ4n) is 3.28. The number of hydrogen-bond acceptors (Lipinski definition) is 4. The molecule has 7 heteroatoms. The Morgan fingerprint density at radius 3 is 2.07 bits per heavy atom. The Kier molecular flexibility index (Phi) is 4.24. The van der Waals surface area contributed by atoms with E-state index in [1.807, 2.05) is 24.3 Å². The van der Waals surface area contributed by atoms with E-state index in [4.69, 9.17) is 0 Å². The van der Waals surface area contributed by atoms with Gasteiger partial charge in [0.15, 0.2) is 9.84 Å². The number of rotatable bonds is 4. The first-order chi connectivity index (χ1) is 13.3. The van der Waals surface area contributed by atoms with Crippen LogP contribution in [0.15, 0.2) is 77.7 Å². The monoisotopic (exact) mass is 392 g/mol. The molecule has 0 saturated carbocycles. The van der Waals surface area contributed by atoms with Gasteiger partial charge >= 0.3 is 0 Å². The number of non-ortho nitro benzene ring substituents is 1. The van der Waals surface area contributed by atoms with Crippen LogP contribution in [0.25, 0.3) is 33.3 Å². The smallest absolute Gasteiger partial charge is 0.269 e. The van der Waals surface area contributed by atoms with Crippen molar-refractivity contribution in [1.82, 2.24) is 4.98 Å². The zero-order chi connectivity index (χ0) is 19.9. The van der Waals surface area contributed by atoms with Crippen LogP contribution in [-0.4, -0.2) is 24.6 Å². The Labute approximate surface area is 161 Å². The number of nitro benzene ring substituents is 1. The van der Waals surface area contributed by atoms with Crippen LogP contribution in [0.2, 0.25) is 0 Å². The van der Waals surface area contributed by atoms with Gasteiger partial charge in [-0.05, 0) is 41.5 Å². The van der Waals surface area contributed by atoms with Crippen LogP contribution in [0.3, 0.4) is 0 Å². The van der Waals surface area contributed by atoms with Gasteiger partial charge in [-0.25, -0.2) is 8.42 Å². The number of aromatic amines is 1. The second-order valence-corrected chi connectivity index (χ2v) is 8.54. The van der Waals surface area contributed by atoms with E-state index in [1.54, 1.807) is 36.4 Å². The summed E-state index contributed by atoms with van der Waals surface area (Å²) in [6, 6.07) is 20.9. The lowest BCUT2D eigenvalue weighted by atomic mass is 9.98. The Bertz CT molecular complexity index is 1290. The number of aromatic nitrogens is 1. The van der Waals surface area contributed by atoms with E-state index in [-0.39, 0.29) is 10.6 Å². The maximum atomic E-state index is 11.8. The lowest BCUT2D eigenvalue weighted by molar-refractivity contribution is -0.384. The highest BCUT2D eigenvalue weighted by molar-refractivity contribution is 7.90. The Morgan fingerprint density at radius 2 is 1.46 bits per heavy atom. The van der Waals surface area contributed by atoms with Crippen molar-refractivity contribution in [3.63, 3.8) is 0 Å². The molecular weight excluding hydrogens is 376 g/mol. The predicted molar refractivity (Wildman–Crippen MR) is 109 cm³/mol. The Hall–Kier alpha value is -3.45. The standard InChI is InChI=1S/C21H16N2O4S/c1-28(26,27)17-12-8-14(9-13-17)20-18-4-2-3-5-19(18)22-21(20)15-6-10-16(11-7-15)23(24)25/h2-13,22H,1H3. The van der Waals surface area contributed by atoms with Gasteiger partial charge in [0.05, 0.1) is 15.5 Å². The first-order valence-corrected chi connectivity index (χ1v) is 10.4. The van der Waals surface area contributed by atoms with Crippen LogP contribution in [-0.2, 0) is 9.84 Å². The number of nitrogens with one attached hydrogen (secondary N) is 1. The van der Waals surface area contributed by atoms with Gasteiger partial charge < -0.3 is 4.98 Å². The maximum absolute atomic E-state index is 11.8. The number of fused-ring (bicyclic) bond motifs is 1. The number of H-pyrrole nitrogens is 1. The molecule has 28 heavy (non-hydrogen) atoms. The van der Waals surface area contributed by atoms with Crippen LogP contribution >= 0.6 is 0 Å². The minimum absolute atomic E-state index is 0.0268. The van der Waals surface area contributed by atoms with Crippen molar-refractivity contribution in [2.75, 3.05) is 6.26 Å². The van der Waals surface area contributed by atoms with Crippen molar-refractivity contribution in [2.24, 2.45) is 0 Å². The van der Waals surface area contributed by atoms with Gasteiger partial charge in [-0.15, -0.1) is 0 Å². The lowest BCUT2D eigenvalue weighted by Gasteiger charge is -2.07. The average Bonchev–Trinajstić information content (AvgIpc) is 3.07.